The van der Waals surface area contributed by atoms with Gasteiger partial charge in [0.15, 0.2) is 0 Å². The summed E-state index contributed by atoms with van der Waals surface area (Å²) in [7, 11) is 0. The number of hydrogen-bond acceptors (Lipinski definition) is 6. The van der Waals surface area contributed by atoms with E-state index in [9.17, 15) is 9.18 Å². The number of hydrogen-bond donors (Lipinski definition) is 0. The van der Waals surface area contributed by atoms with Crippen LogP contribution >= 0.6 is 0 Å². The molecule has 0 radical (unpaired) electrons. The van der Waals surface area contributed by atoms with Gasteiger partial charge in [0, 0.05) is 32.3 Å². The number of likely N-dealkylation sites (tertiary alicyclic amines) is 1. The number of aromatic nitrogens is 1. The zero-order valence-electron chi connectivity index (χ0n) is 22.3. The average molecular weight is 514 g/mol. The van der Waals surface area contributed by atoms with Gasteiger partial charge in [0.05, 0.1) is 30.7 Å². The molecule has 2 aromatic rings. The molecule has 2 aliphatic heterocycles. The molecule has 1 amide bonds. The van der Waals surface area contributed by atoms with Crippen LogP contribution in [0.3, 0.4) is 0 Å². The highest BCUT2D eigenvalue weighted by atomic mass is 19.1. The lowest BCUT2D eigenvalue weighted by atomic mass is 9.94. The normalized spacial score (nSPS) is 18.8. The Bertz CT molecular complexity index is 1000. The smallest absolute Gasteiger partial charge is 0.410 e. The fraction of sp³-hybridized carbons (Fsp3) is 0.586. The number of carbonyl (C=O) groups excluding carboxylic acids is 1. The highest BCUT2D eigenvalue weighted by Gasteiger charge is 2.32. The van der Waals surface area contributed by atoms with E-state index in [1.165, 1.54) is 12.1 Å². The molecule has 4 rings (SSSR count). The number of ether oxygens (including phenoxy) is 3. The molecule has 3 heterocycles. The van der Waals surface area contributed by atoms with Gasteiger partial charge in [-0.2, -0.15) is 0 Å². The van der Waals surface area contributed by atoms with E-state index in [0.29, 0.717) is 32.3 Å². The van der Waals surface area contributed by atoms with Crippen LogP contribution in [0.1, 0.15) is 58.4 Å². The molecule has 1 aromatic heterocycles. The van der Waals surface area contributed by atoms with Gasteiger partial charge in [0.2, 0.25) is 0 Å². The Kier molecular flexibility index (Phi) is 9.24. The molecular formula is C29H40FN3O4. The van der Waals surface area contributed by atoms with Crippen molar-refractivity contribution in [1.82, 2.24) is 9.88 Å². The van der Waals surface area contributed by atoms with Gasteiger partial charge in [0.25, 0.3) is 0 Å². The summed E-state index contributed by atoms with van der Waals surface area (Å²) in [6.07, 6.45) is 8.48. The van der Waals surface area contributed by atoms with E-state index in [1.54, 1.807) is 23.2 Å². The van der Waals surface area contributed by atoms with Crippen molar-refractivity contribution in [3.8, 4) is 5.75 Å². The van der Waals surface area contributed by atoms with Gasteiger partial charge in [-0.3, -0.25) is 4.98 Å². The highest BCUT2D eigenvalue weighted by molar-refractivity contribution is 5.69. The highest BCUT2D eigenvalue weighted by Crippen LogP contribution is 2.28. The molecule has 2 saturated heterocycles. The van der Waals surface area contributed by atoms with E-state index in [-0.39, 0.29) is 18.0 Å². The topological polar surface area (TPSA) is 64.1 Å². The maximum atomic E-state index is 13.0. The second kappa shape index (κ2) is 12.6. The summed E-state index contributed by atoms with van der Waals surface area (Å²) in [6, 6.07) is 8.54. The molecule has 2 fully saturated rings. The third-order valence-corrected chi connectivity index (χ3v) is 6.98. The van der Waals surface area contributed by atoms with Gasteiger partial charge in [-0.1, -0.05) is 12.1 Å². The number of piperidine rings is 1. The predicted octanol–water partition coefficient (Wildman–Crippen LogP) is 5.82. The SMILES string of the molecule is CC(C)(C)OC(=O)N1CCC[C@H]1COc1cncc(N2CCC(CCOCc3ccc(F)cc3)CC2)c1. The second-order valence-corrected chi connectivity index (χ2v) is 11.1. The van der Waals surface area contributed by atoms with Crippen LogP contribution in [0.2, 0.25) is 0 Å². The van der Waals surface area contributed by atoms with Crippen LogP contribution < -0.4 is 9.64 Å². The molecule has 2 aliphatic rings. The molecule has 0 saturated carbocycles. The Morgan fingerprint density at radius 2 is 1.84 bits per heavy atom. The van der Waals surface area contributed by atoms with Crippen LogP contribution in [0.5, 0.6) is 5.75 Å². The first-order valence-electron chi connectivity index (χ1n) is 13.4. The average Bonchev–Trinajstić information content (AvgIpc) is 3.35. The van der Waals surface area contributed by atoms with Crippen molar-refractivity contribution in [2.24, 2.45) is 5.92 Å². The summed E-state index contributed by atoms with van der Waals surface area (Å²) < 4.78 is 30.5. The number of amides is 1. The molecule has 37 heavy (non-hydrogen) atoms. The molecule has 7 nitrogen and oxygen atoms in total. The van der Waals surface area contributed by atoms with Crippen LogP contribution in [0, 0.1) is 11.7 Å². The number of pyridine rings is 1. The maximum absolute atomic E-state index is 13.0. The number of nitrogens with zero attached hydrogens (tertiary/aromatic N) is 3. The fourth-order valence-corrected chi connectivity index (χ4v) is 4.92. The Labute approximate surface area is 219 Å². The molecule has 0 spiro atoms. The maximum Gasteiger partial charge on any atom is 0.410 e. The van der Waals surface area contributed by atoms with Crippen molar-refractivity contribution in [2.75, 3.05) is 37.7 Å². The molecule has 8 heteroatoms. The fourth-order valence-electron chi connectivity index (χ4n) is 4.92. The zero-order valence-corrected chi connectivity index (χ0v) is 22.3. The monoisotopic (exact) mass is 513 g/mol. The van der Waals surface area contributed by atoms with Gasteiger partial charge in [-0.15, -0.1) is 0 Å². The minimum atomic E-state index is -0.506. The molecule has 0 unspecified atom stereocenters. The van der Waals surface area contributed by atoms with E-state index in [1.807, 2.05) is 33.0 Å². The van der Waals surface area contributed by atoms with Crippen molar-refractivity contribution in [1.29, 1.82) is 0 Å². The summed E-state index contributed by atoms with van der Waals surface area (Å²) in [5.41, 5.74) is 1.56. The van der Waals surface area contributed by atoms with E-state index in [4.69, 9.17) is 14.2 Å². The lowest BCUT2D eigenvalue weighted by Gasteiger charge is -2.33. The lowest BCUT2D eigenvalue weighted by molar-refractivity contribution is 0.0187. The van der Waals surface area contributed by atoms with Gasteiger partial charge >= 0.3 is 6.09 Å². The first kappa shape index (κ1) is 27.2. The molecule has 1 atom stereocenters. The second-order valence-electron chi connectivity index (χ2n) is 11.1. The Morgan fingerprint density at radius 3 is 2.57 bits per heavy atom. The van der Waals surface area contributed by atoms with Crippen LogP contribution in [0.4, 0.5) is 14.9 Å². The first-order valence-corrected chi connectivity index (χ1v) is 13.4. The van der Waals surface area contributed by atoms with Gasteiger partial charge in [0.1, 0.15) is 23.8 Å². The molecule has 0 aliphatic carbocycles. The standard InChI is InChI=1S/C29H40FN3O4/c1-29(2,3)37-28(34)33-13-4-5-25(33)21-36-27-17-26(18-31-19-27)32-14-10-22(11-15-32)12-16-35-20-23-6-8-24(30)9-7-23/h6-9,17-19,22,25H,4-5,10-16,20-21H2,1-3H3/t25-/m0/s1. The Morgan fingerprint density at radius 1 is 1.08 bits per heavy atom. The summed E-state index contributed by atoms with van der Waals surface area (Å²) in [6.45, 7) is 9.98. The summed E-state index contributed by atoms with van der Waals surface area (Å²) >= 11 is 0. The number of benzene rings is 1. The van der Waals surface area contributed by atoms with Crippen molar-refractivity contribution in [3.05, 3.63) is 54.1 Å². The van der Waals surface area contributed by atoms with E-state index >= 15 is 0 Å². The number of anilines is 1. The van der Waals surface area contributed by atoms with E-state index in [2.05, 4.69) is 9.88 Å². The molecular weight excluding hydrogens is 473 g/mol. The summed E-state index contributed by atoms with van der Waals surface area (Å²) in [5.74, 6) is 1.14. The summed E-state index contributed by atoms with van der Waals surface area (Å²) in [5, 5.41) is 0. The van der Waals surface area contributed by atoms with Gasteiger partial charge in [-0.25, -0.2) is 9.18 Å². The largest absolute Gasteiger partial charge is 0.490 e. The first-order chi connectivity index (χ1) is 17.8. The van der Waals surface area contributed by atoms with Gasteiger partial charge < -0.3 is 24.0 Å². The van der Waals surface area contributed by atoms with Crippen molar-refractivity contribution >= 4 is 11.8 Å². The number of halogens is 1. The third-order valence-electron chi connectivity index (χ3n) is 6.98. The molecule has 0 bridgehead atoms. The van der Waals surface area contributed by atoms with Crippen molar-refractivity contribution in [2.45, 2.75) is 71.1 Å². The Hall–Kier alpha value is -2.87. The van der Waals surface area contributed by atoms with Crippen LogP contribution in [0.25, 0.3) is 0 Å². The zero-order chi connectivity index (χ0) is 26.3. The van der Waals surface area contributed by atoms with E-state index < -0.39 is 5.60 Å². The predicted molar refractivity (Wildman–Crippen MR) is 141 cm³/mol. The van der Waals surface area contributed by atoms with Crippen molar-refractivity contribution in [3.63, 3.8) is 0 Å². The minimum Gasteiger partial charge on any atom is -0.490 e. The quantitative estimate of drug-likeness (QED) is 0.394. The lowest BCUT2D eigenvalue weighted by Crippen LogP contribution is -2.42. The number of carbonyl (C=O) groups is 1. The molecule has 1 aromatic carbocycles. The Balaban J connectivity index is 1.19. The van der Waals surface area contributed by atoms with Gasteiger partial charge in [-0.05, 0) is 76.5 Å². The van der Waals surface area contributed by atoms with E-state index in [0.717, 1.165) is 62.2 Å². The summed E-state index contributed by atoms with van der Waals surface area (Å²) in [4.78, 5) is 21.1. The molecule has 202 valence electrons. The third kappa shape index (κ3) is 8.32. The number of rotatable bonds is 9. The minimum absolute atomic E-state index is 0.0135. The van der Waals surface area contributed by atoms with Crippen molar-refractivity contribution < 1.29 is 23.4 Å². The molecule has 0 N–H and O–H groups in total. The van der Waals surface area contributed by atoms with Crippen LogP contribution in [-0.2, 0) is 16.1 Å². The van der Waals surface area contributed by atoms with Crippen LogP contribution in [0.15, 0.2) is 42.7 Å². The van der Waals surface area contributed by atoms with Crippen LogP contribution in [-0.4, -0.2) is 60.5 Å².